The largest absolute Gasteiger partial charge is 0.502 e. The molecule has 180 valence electrons. The lowest BCUT2D eigenvalue weighted by atomic mass is 9.94. The molecule has 2 aromatic carbocycles. The van der Waals surface area contributed by atoms with Gasteiger partial charge in [-0.25, -0.2) is 9.74 Å². The Balaban J connectivity index is 1.85. The molecule has 0 aliphatic carbocycles. The monoisotopic (exact) mass is 488 g/mol. The number of amides is 2. The van der Waals surface area contributed by atoms with Crippen molar-refractivity contribution in [2.24, 2.45) is 0 Å². The quantitative estimate of drug-likeness (QED) is 0.324. The van der Waals surface area contributed by atoms with Gasteiger partial charge in [-0.15, -0.1) is 0 Å². The zero-order valence-electron chi connectivity index (χ0n) is 20.0. The lowest BCUT2D eigenvalue weighted by molar-refractivity contribution is -0.122. The van der Waals surface area contributed by atoms with Gasteiger partial charge in [0, 0.05) is 11.1 Å². The summed E-state index contributed by atoms with van der Waals surface area (Å²) in [5.74, 6) is -1.78. The highest BCUT2D eigenvalue weighted by Gasteiger charge is 2.36. The summed E-state index contributed by atoms with van der Waals surface area (Å²) >= 11 is 0. The number of allylic oxidation sites excluding steroid dienone is 2. The second-order valence-corrected chi connectivity index (χ2v) is 8.13. The summed E-state index contributed by atoms with van der Waals surface area (Å²) in [4.78, 5) is 43.8. The second-order valence-electron chi connectivity index (χ2n) is 8.13. The molecule has 1 N–H and O–H groups in total. The van der Waals surface area contributed by atoms with Crippen LogP contribution < -0.4 is 10.5 Å². The van der Waals surface area contributed by atoms with Crippen molar-refractivity contribution >= 4 is 29.3 Å². The van der Waals surface area contributed by atoms with E-state index in [1.807, 2.05) is 6.07 Å². The number of rotatable bonds is 4. The topological polar surface area (TPSA) is 108 Å². The first kappa shape index (κ1) is 24.6. The summed E-state index contributed by atoms with van der Waals surface area (Å²) in [5, 5.41) is 20.2. The molecule has 0 saturated carbocycles. The van der Waals surface area contributed by atoms with Crippen molar-refractivity contribution < 1.29 is 14.7 Å². The first-order valence-electron chi connectivity index (χ1n) is 11.2. The van der Waals surface area contributed by atoms with E-state index in [1.165, 1.54) is 25.2 Å². The van der Waals surface area contributed by atoms with E-state index in [9.17, 15) is 24.8 Å². The van der Waals surface area contributed by atoms with Crippen LogP contribution in [0.25, 0.3) is 16.6 Å². The van der Waals surface area contributed by atoms with E-state index in [4.69, 9.17) is 6.57 Å². The highest BCUT2D eigenvalue weighted by Crippen LogP contribution is 2.33. The predicted octanol–water partition coefficient (Wildman–Crippen LogP) is 4.76. The number of hydrogen-bond acceptors (Lipinski definition) is 5. The van der Waals surface area contributed by atoms with Crippen LogP contribution in [0, 0.1) is 24.8 Å². The number of para-hydroxylation sites is 2. The fraction of sp³-hybridized carbons (Fsp3) is 0.0690. The van der Waals surface area contributed by atoms with E-state index in [0.717, 1.165) is 9.47 Å². The fourth-order valence-corrected chi connectivity index (χ4v) is 4.08. The second kappa shape index (κ2) is 10.0. The van der Waals surface area contributed by atoms with Gasteiger partial charge in [0.15, 0.2) is 0 Å². The Morgan fingerprint density at radius 3 is 2.11 bits per heavy atom. The number of anilines is 1. The molecule has 2 amide bonds. The van der Waals surface area contributed by atoms with Gasteiger partial charge in [0.1, 0.15) is 11.6 Å². The summed E-state index contributed by atoms with van der Waals surface area (Å²) in [6.07, 6.45) is 4.32. The van der Waals surface area contributed by atoms with E-state index in [-0.39, 0.29) is 33.5 Å². The number of carbonyl (C=O) groups excluding carboxylic acids is 2. The first-order chi connectivity index (χ1) is 17.8. The van der Waals surface area contributed by atoms with Gasteiger partial charge in [0.05, 0.1) is 17.9 Å². The summed E-state index contributed by atoms with van der Waals surface area (Å²) in [6.45, 7) is 10.6. The summed E-state index contributed by atoms with van der Waals surface area (Å²) in [7, 11) is 0. The van der Waals surface area contributed by atoms with Crippen LogP contribution in [0.2, 0.25) is 0 Å². The van der Waals surface area contributed by atoms with Crippen molar-refractivity contribution in [3.63, 3.8) is 0 Å². The minimum absolute atomic E-state index is 0.0757. The van der Waals surface area contributed by atoms with E-state index >= 15 is 0 Å². The summed E-state index contributed by atoms with van der Waals surface area (Å²) in [5.41, 5.74) is 0.686. The van der Waals surface area contributed by atoms with Crippen LogP contribution in [-0.2, 0) is 9.59 Å². The smallest absolute Gasteiger partial charge is 0.276 e. The Labute approximate surface area is 212 Å². The molecule has 8 heteroatoms. The Morgan fingerprint density at radius 1 is 0.946 bits per heavy atom. The standard InChI is InChI=1S/C29H20N4O4/c1-18-22(26(34)32(28(36)24(18)17-30)20-11-6-4-7-12-20)15-10-16-23-19(2)25(31-3)29(37)33(27(23)35)21-13-8-5-9-14-21/h4-16,37H,1-2H3/b16-10+,22-15-. The van der Waals surface area contributed by atoms with Crippen LogP contribution in [0.5, 0.6) is 5.88 Å². The van der Waals surface area contributed by atoms with Gasteiger partial charge >= 0.3 is 0 Å². The van der Waals surface area contributed by atoms with Crippen LogP contribution >= 0.6 is 0 Å². The fourth-order valence-electron chi connectivity index (χ4n) is 4.08. The van der Waals surface area contributed by atoms with E-state index in [0.29, 0.717) is 11.4 Å². The molecule has 1 aliphatic rings. The number of aromatic hydroxyl groups is 1. The molecule has 0 fully saturated rings. The normalized spacial score (nSPS) is 14.8. The van der Waals surface area contributed by atoms with Crippen molar-refractivity contribution in [1.29, 1.82) is 5.26 Å². The molecular weight excluding hydrogens is 468 g/mol. The molecule has 0 spiro atoms. The first-order valence-corrected chi connectivity index (χ1v) is 11.2. The maximum absolute atomic E-state index is 13.3. The minimum atomic E-state index is -0.709. The third-order valence-corrected chi connectivity index (χ3v) is 6.02. The molecule has 0 bridgehead atoms. The molecule has 37 heavy (non-hydrogen) atoms. The third-order valence-electron chi connectivity index (χ3n) is 6.02. The van der Waals surface area contributed by atoms with Gasteiger partial charge in [-0.2, -0.15) is 5.26 Å². The molecule has 1 aromatic heterocycles. The Bertz CT molecular complexity index is 1670. The molecule has 0 atom stereocenters. The average Bonchev–Trinajstić information content (AvgIpc) is 2.89. The maximum Gasteiger partial charge on any atom is 0.276 e. The van der Waals surface area contributed by atoms with Gasteiger partial charge in [0.2, 0.25) is 11.6 Å². The van der Waals surface area contributed by atoms with Crippen molar-refractivity contribution in [1.82, 2.24) is 4.57 Å². The summed E-state index contributed by atoms with van der Waals surface area (Å²) < 4.78 is 1.05. The van der Waals surface area contributed by atoms with E-state index in [1.54, 1.807) is 67.6 Å². The van der Waals surface area contributed by atoms with Crippen molar-refractivity contribution in [3.05, 3.63) is 122 Å². The SMILES string of the molecule is [C-]#[N+]c1c(C)c(/C=C/C=C2\C(=O)N(c3ccccc3)C(=O)C(C#N)=C2C)c(=O)n(-c2ccccc2)c1O. The molecule has 4 rings (SSSR count). The van der Waals surface area contributed by atoms with Gasteiger partial charge in [-0.1, -0.05) is 48.6 Å². The van der Waals surface area contributed by atoms with Crippen molar-refractivity contribution in [2.75, 3.05) is 4.90 Å². The predicted molar refractivity (Wildman–Crippen MR) is 139 cm³/mol. The molecular formula is C29H20N4O4. The molecule has 0 saturated heterocycles. The Morgan fingerprint density at radius 2 is 1.54 bits per heavy atom. The number of aromatic nitrogens is 1. The third kappa shape index (κ3) is 4.24. The highest BCUT2D eigenvalue weighted by molar-refractivity contribution is 6.31. The molecule has 1 aliphatic heterocycles. The number of nitrogens with zero attached hydrogens (tertiary/aromatic N) is 4. The van der Waals surface area contributed by atoms with Crippen molar-refractivity contribution in [2.45, 2.75) is 13.8 Å². The minimum Gasteiger partial charge on any atom is -0.502 e. The van der Waals surface area contributed by atoms with Gasteiger partial charge in [-0.05, 0) is 55.3 Å². The van der Waals surface area contributed by atoms with Crippen LogP contribution in [0.4, 0.5) is 11.4 Å². The number of nitriles is 1. The number of benzene rings is 2. The highest BCUT2D eigenvalue weighted by atomic mass is 16.3. The van der Waals surface area contributed by atoms with Crippen molar-refractivity contribution in [3.8, 4) is 17.6 Å². The number of carbonyl (C=O) groups is 2. The maximum atomic E-state index is 13.3. The Kier molecular flexibility index (Phi) is 6.68. The van der Waals surface area contributed by atoms with Crippen LogP contribution in [0.15, 0.2) is 94.3 Å². The molecule has 2 heterocycles. The lowest BCUT2D eigenvalue weighted by Crippen LogP contribution is -2.42. The number of hydrogen-bond donors (Lipinski definition) is 1. The summed E-state index contributed by atoms with van der Waals surface area (Å²) in [6, 6.07) is 18.6. The van der Waals surface area contributed by atoms with Gasteiger partial charge < -0.3 is 5.11 Å². The van der Waals surface area contributed by atoms with Crippen LogP contribution in [0.3, 0.4) is 0 Å². The average molecular weight is 489 g/mol. The number of pyridine rings is 1. The van der Waals surface area contributed by atoms with E-state index in [2.05, 4.69) is 4.85 Å². The van der Waals surface area contributed by atoms with Gasteiger partial charge in [-0.3, -0.25) is 19.0 Å². The van der Waals surface area contributed by atoms with Gasteiger partial charge in [0.25, 0.3) is 17.4 Å². The van der Waals surface area contributed by atoms with Crippen LogP contribution in [0.1, 0.15) is 18.1 Å². The lowest BCUT2D eigenvalue weighted by Gasteiger charge is -2.27. The zero-order valence-corrected chi connectivity index (χ0v) is 20.0. The number of imide groups is 1. The molecule has 3 aromatic rings. The Hall–Kier alpha value is -5.47. The van der Waals surface area contributed by atoms with Crippen LogP contribution in [-0.4, -0.2) is 21.5 Å². The molecule has 0 unspecified atom stereocenters. The molecule has 8 nitrogen and oxygen atoms in total. The zero-order chi connectivity index (χ0) is 26.7. The van der Waals surface area contributed by atoms with E-state index < -0.39 is 23.3 Å². The molecule has 0 radical (unpaired) electrons.